The summed E-state index contributed by atoms with van der Waals surface area (Å²) in [4.78, 5) is 28.5. The highest BCUT2D eigenvalue weighted by atomic mass is 32.1. The quantitative estimate of drug-likeness (QED) is 0.567. The van der Waals surface area contributed by atoms with Gasteiger partial charge in [-0.05, 0) is 37.6 Å². The number of aryl methyl sites for hydroxylation is 2. The van der Waals surface area contributed by atoms with Crippen LogP contribution in [0.3, 0.4) is 0 Å². The Morgan fingerprint density at radius 1 is 1.25 bits per heavy atom. The maximum absolute atomic E-state index is 12.1. The molecular formula is C20H21N3O4S. The molecule has 28 heavy (non-hydrogen) atoms. The van der Waals surface area contributed by atoms with Gasteiger partial charge in [0.15, 0.2) is 5.13 Å². The van der Waals surface area contributed by atoms with Crippen molar-refractivity contribution in [3.63, 3.8) is 0 Å². The van der Waals surface area contributed by atoms with Crippen molar-refractivity contribution in [1.82, 2.24) is 10.3 Å². The minimum atomic E-state index is -0.287. The van der Waals surface area contributed by atoms with Gasteiger partial charge in [0.1, 0.15) is 18.1 Å². The topological polar surface area (TPSA) is 93.5 Å². The highest BCUT2D eigenvalue weighted by Crippen LogP contribution is 2.18. The first-order valence-electron chi connectivity index (χ1n) is 8.77. The second-order valence-corrected chi connectivity index (χ2v) is 7.04. The predicted octanol–water partition coefficient (Wildman–Crippen LogP) is 3.34. The molecule has 0 radical (unpaired) electrons. The number of aromatic nitrogens is 1. The van der Waals surface area contributed by atoms with E-state index in [1.54, 1.807) is 18.4 Å². The van der Waals surface area contributed by atoms with Crippen LogP contribution in [0.15, 0.2) is 46.4 Å². The second-order valence-electron chi connectivity index (χ2n) is 6.18. The zero-order valence-corrected chi connectivity index (χ0v) is 16.5. The number of carbonyl (C=O) groups excluding carboxylic acids is 2. The van der Waals surface area contributed by atoms with Crippen LogP contribution in [0.4, 0.5) is 5.13 Å². The molecule has 3 rings (SSSR count). The van der Waals surface area contributed by atoms with Gasteiger partial charge in [-0.15, -0.1) is 11.3 Å². The Morgan fingerprint density at radius 2 is 2.11 bits per heavy atom. The summed E-state index contributed by atoms with van der Waals surface area (Å²) < 4.78 is 10.7. The SMILES string of the molecule is Cc1cccc(OCCNC(=O)Cc2csc(NC(=O)c3ccoc3C)n2)c1. The van der Waals surface area contributed by atoms with Crippen molar-refractivity contribution >= 4 is 28.3 Å². The zero-order valence-electron chi connectivity index (χ0n) is 15.7. The van der Waals surface area contributed by atoms with E-state index in [1.807, 2.05) is 31.2 Å². The molecule has 0 bridgehead atoms. The van der Waals surface area contributed by atoms with Crippen LogP contribution in [-0.4, -0.2) is 29.9 Å². The molecule has 0 aliphatic carbocycles. The third-order valence-corrected chi connectivity index (χ3v) is 4.71. The maximum Gasteiger partial charge on any atom is 0.260 e. The van der Waals surface area contributed by atoms with E-state index < -0.39 is 0 Å². The Bertz CT molecular complexity index is 964. The van der Waals surface area contributed by atoms with Gasteiger partial charge in [0.25, 0.3) is 5.91 Å². The fourth-order valence-electron chi connectivity index (χ4n) is 2.52. The number of furan rings is 1. The largest absolute Gasteiger partial charge is 0.492 e. The van der Waals surface area contributed by atoms with Gasteiger partial charge in [0.05, 0.1) is 30.5 Å². The zero-order chi connectivity index (χ0) is 19.9. The van der Waals surface area contributed by atoms with Crippen LogP contribution in [0, 0.1) is 13.8 Å². The lowest BCUT2D eigenvalue weighted by molar-refractivity contribution is -0.120. The summed E-state index contributed by atoms with van der Waals surface area (Å²) in [5, 5.41) is 7.70. The average Bonchev–Trinajstić information content (AvgIpc) is 3.27. The summed E-state index contributed by atoms with van der Waals surface area (Å²) in [6, 6.07) is 9.35. The van der Waals surface area contributed by atoms with E-state index in [1.165, 1.54) is 17.6 Å². The molecule has 2 amide bonds. The molecule has 2 N–H and O–H groups in total. The minimum absolute atomic E-state index is 0.140. The molecule has 0 fully saturated rings. The van der Waals surface area contributed by atoms with Gasteiger partial charge in [-0.3, -0.25) is 14.9 Å². The van der Waals surface area contributed by atoms with Crippen LogP contribution >= 0.6 is 11.3 Å². The number of anilines is 1. The molecule has 0 aliphatic rings. The van der Waals surface area contributed by atoms with Gasteiger partial charge >= 0.3 is 0 Å². The molecule has 146 valence electrons. The van der Waals surface area contributed by atoms with Crippen LogP contribution in [0.2, 0.25) is 0 Å². The monoisotopic (exact) mass is 399 g/mol. The van der Waals surface area contributed by atoms with E-state index >= 15 is 0 Å². The van der Waals surface area contributed by atoms with E-state index in [-0.39, 0.29) is 18.2 Å². The molecule has 3 aromatic rings. The molecular weight excluding hydrogens is 378 g/mol. The van der Waals surface area contributed by atoms with Crippen molar-refractivity contribution in [2.24, 2.45) is 0 Å². The number of hydrogen-bond donors (Lipinski definition) is 2. The Balaban J connectivity index is 1.41. The van der Waals surface area contributed by atoms with E-state index in [9.17, 15) is 9.59 Å². The molecule has 2 aromatic heterocycles. The smallest absolute Gasteiger partial charge is 0.260 e. The van der Waals surface area contributed by atoms with Gasteiger partial charge < -0.3 is 14.5 Å². The third kappa shape index (κ3) is 5.43. The molecule has 0 spiro atoms. The highest BCUT2D eigenvalue weighted by molar-refractivity contribution is 7.14. The molecule has 2 heterocycles. The van der Waals surface area contributed by atoms with E-state index in [0.29, 0.717) is 35.3 Å². The molecule has 8 heteroatoms. The van der Waals surface area contributed by atoms with Gasteiger partial charge in [-0.25, -0.2) is 4.98 Å². The first kappa shape index (κ1) is 19.6. The van der Waals surface area contributed by atoms with Crippen LogP contribution in [0.25, 0.3) is 0 Å². The van der Waals surface area contributed by atoms with Crippen molar-refractivity contribution in [2.75, 3.05) is 18.5 Å². The van der Waals surface area contributed by atoms with E-state index in [0.717, 1.165) is 11.3 Å². The van der Waals surface area contributed by atoms with Crippen LogP contribution in [0.1, 0.15) is 27.4 Å². The molecule has 0 atom stereocenters. The number of hydrogen-bond acceptors (Lipinski definition) is 6. The second kappa shape index (κ2) is 9.18. The Morgan fingerprint density at radius 3 is 2.86 bits per heavy atom. The summed E-state index contributed by atoms with van der Waals surface area (Å²) in [6.45, 7) is 4.50. The summed E-state index contributed by atoms with van der Waals surface area (Å²) >= 11 is 1.27. The predicted molar refractivity (Wildman–Crippen MR) is 107 cm³/mol. The number of benzene rings is 1. The Labute approximate surface area is 166 Å². The summed E-state index contributed by atoms with van der Waals surface area (Å²) in [6.07, 6.45) is 1.60. The Kier molecular flexibility index (Phi) is 6.44. The maximum atomic E-state index is 12.1. The third-order valence-electron chi connectivity index (χ3n) is 3.90. The van der Waals surface area contributed by atoms with Crippen molar-refractivity contribution < 1.29 is 18.7 Å². The van der Waals surface area contributed by atoms with E-state index in [2.05, 4.69) is 15.6 Å². The average molecular weight is 399 g/mol. The van der Waals surface area contributed by atoms with Gasteiger partial charge in [0, 0.05) is 5.38 Å². The van der Waals surface area contributed by atoms with Crippen LogP contribution < -0.4 is 15.4 Å². The number of carbonyl (C=O) groups is 2. The number of rotatable bonds is 8. The first-order chi connectivity index (χ1) is 13.5. The molecule has 0 aliphatic heterocycles. The molecule has 7 nitrogen and oxygen atoms in total. The number of nitrogens with one attached hydrogen (secondary N) is 2. The lowest BCUT2D eigenvalue weighted by atomic mass is 10.2. The molecule has 0 saturated carbocycles. The lowest BCUT2D eigenvalue weighted by Gasteiger charge is -2.07. The van der Waals surface area contributed by atoms with Crippen LogP contribution in [-0.2, 0) is 11.2 Å². The lowest BCUT2D eigenvalue weighted by Crippen LogP contribution is -2.29. The first-order valence-corrected chi connectivity index (χ1v) is 9.65. The number of ether oxygens (including phenoxy) is 1. The van der Waals surface area contributed by atoms with Crippen molar-refractivity contribution in [2.45, 2.75) is 20.3 Å². The fourth-order valence-corrected chi connectivity index (χ4v) is 3.23. The number of nitrogens with zero attached hydrogens (tertiary/aromatic N) is 1. The summed E-state index contributed by atoms with van der Waals surface area (Å²) in [7, 11) is 0. The Hall–Kier alpha value is -3.13. The van der Waals surface area contributed by atoms with E-state index in [4.69, 9.17) is 9.15 Å². The molecule has 1 aromatic carbocycles. The molecule has 0 unspecified atom stereocenters. The summed E-state index contributed by atoms with van der Waals surface area (Å²) in [5.74, 6) is 0.884. The normalized spacial score (nSPS) is 10.5. The van der Waals surface area contributed by atoms with Crippen molar-refractivity contribution in [3.05, 3.63) is 64.6 Å². The van der Waals surface area contributed by atoms with Crippen molar-refractivity contribution in [1.29, 1.82) is 0 Å². The van der Waals surface area contributed by atoms with Gasteiger partial charge in [-0.1, -0.05) is 12.1 Å². The van der Waals surface area contributed by atoms with Crippen LogP contribution in [0.5, 0.6) is 5.75 Å². The van der Waals surface area contributed by atoms with Crippen molar-refractivity contribution in [3.8, 4) is 5.75 Å². The number of thiazole rings is 1. The van der Waals surface area contributed by atoms with Gasteiger partial charge in [-0.2, -0.15) is 0 Å². The fraction of sp³-hybridized carbons (Fsp3) is 0.250. The minimum Gasteiger partial charge on any atom is -0.492 e. The van der Waals surface area contributed by atoms with Gasteiger partial charge in [0.2, 0.25) is 5.91 Å². The highest BCUT2D eigenvalue weighted by Gasteiger charge is 2.14. The molecule has 0 saturated heterocycles. The summed E-state index contributed by atoms with van der Waals surface area (Å²) in [5.41, 5.74) is 2.18. The standard InChI is InChI=1S/C20H21N3O4S/c1-13-4-3-5-16(10-13)27-9-7-21-18(24)11-15-12-28-20(22-15)23-19(25)17-6-8-26-14(17)2/h3-6,8,10,12H,7,9,11H2,1-2H3,(H,21,24)(H,22,23,25). The number of amides is 2.